The Bertz CT molecular complexity index is 117. The molecule has 0 aliphatic rings. The summed E-state index contributed by atoms with van der Waals surface area (Å²) in [7, 11) is 3.48. The molecule has 0 fully saturated rings. The molecule has 0 atom stereocenters. The van der Waals surface area contributed by atoms with Crippen molar-refractivity contribution in [1.29, 1.82) is 0 Å². The van der Waals surface area contributed by atoms with Crippen LogP contribution in [0.5, 0.6) is 0 Å². The van der Waals surface area contributed by atoms with Crippen LogP contribution in [0, 0.1) is 0 Å². The molecule has 0 aromatic rings. The van der Waals surface area contributed by atoms with Gasteiger partial charge in [-0.25, -0.2) is 0 Å². The highest BCUT2D eigenvalue weighted by molar-refractivity contribution is 5.86. The Kier molecular flexibility index (Phi) is 10.8. The van der Waals surface area contributed by atoms with Crippen LogP contribution >= 0.6 is 0 Å². The van der Waals surface area contributed by atoms with Gasteiger partial charge in [-0.1, -0.05) is 26.8 Å². The molecule has 0 radical (unpaired) electrons. The molecule has 0 spiro atoms. The zero-order chi connectivity index (χ0) is 9.28. The van der Waals surface area contributed by atoms with Crippen molar-refractivity contribution in [2.24, 2.45) is 0 Å². The van der Waals surface area contributed by atoms with Gasteiger partial charge in [-0.05, 0) is 12.5 Å². The smallest absolute Gasteiger partial charge is 0.245 e. The average molecular weight is 157 g/mol. The van der Waals surface area contributed by atoms with Crippen LogP contribution in [-0.4, -0.2) is 24.9 Å². The fraction of sp³-hybridized carbons (Fsp3) is 0.667. The maximum atomic E-state index is 10.7. The first-order chi connectivity index (χ1) is 5.18. The van der Waals surface area contributed by atoms with Crippen LogP contribution < -0.4 is 0 Å². The van der Waals surface area contributed by atoms with Gasteiger partial charge in [-0.15, -0.1) is 0 Å². The number of allylic oxidation sites excluding steroid dienone is 1. The van der Waals surface area contributed by atoms with Gasteiger partial charge in [-0.2, -0.15) is 0 Å². The number of amides is 1. The first kappa shape index (κ1) is 12.8. The van der Waals surface area contributed by atoms with Crippen LogP contribution in [0.4, 0.5) is 0 Å². The van der Waals surface area contributed by atoms with Gasteiger partial charge in [-0.3, -0.25) is 4.79 Å². The molecule has 0 heterocycles. The predicted octanol–water partition coefficient (Wildman–Crippen LogP) is 2.07. The Labute approximate surface area is 69.9 Å². The molecule has 0 bridgehead atoms. The number of hydrogen-bond acceptors (Lipinski definition) is 1. The normalized spacial score (nSPS) is 8.82. The quantitative estimate of drug-likeness (QED) is 0.562. The summed E-state index contributed by atoms with van der Waals surface area (Å²) in [5.41, 5.74) is 0. The topological polar surface area (TPSA) is 20.3 Å². The summed E-state index contributed by atoms with van der Waals surface area (Å²) in [6, 6.07) is 0. The van der Waals surface area contributed by atoms with Crippen molar-refractivity contribution in [2.75, 3.05) is 14.1 Å². The summed E-state index contributed by atoms with van der Waals surface area (Å²) >= 11 is 0. The van der Waals surface area contributed by atoms with Gasteiger partial charge in [0.25, 0.3) is 0 Å². The van der Waals surface area contributed by atoms with E-state index in [2.05, 4.69) is 0 Å². The van der Waals surface area contributed by atoms with Crippen LogP contribution in [0.15, 0.2) is 12.2 Å². The van der Waals surface area contributed by atoms with Crippen LogP contribution in [0.3, 0.4) is 0 Å². The van der Waals surface area contributed by atoms with Crippen molar-refractivity contribution in [3.05, 3.63) is 12.2 Å². The largest absolute Gasteiger partial charge is 0.345 e. The molecule has 0 N–H and O–H groups in total. The van der Waals surface area contributed by atoms with E-state index in [0.717, 1.165) is 6.42 Å². The SMILES string of the molecule is CC.CC/C=C\C(=O)N(C)C. The third kappa shape index (κ3) is 9.21. The minimum atomic E-state index is 0.0526. The maximum absolute atomic E-state index is 10.7. The second kappa shape index (κ2) is 9.21. The number of rotatable bonds is 2. The van der Waals surface area contributed by atoms with Crippen molar-refractivity contribution in [2.45, 2.75) is 27.2 Å². The Morgan fingerprint density at radius 1 is 1.36 bits per heavy atom. The minimum absolute atomic E-state index is 0.0526. The van der Waals surface area contributed by atoms with Gasteiger partial charge in [0.2, 0.25) is 5.91 Å². The Balaban J connectivity index is 0. The second-order valence-electron chi connectivity index (χ2n) is 2.04. The van der Waals surface area contributed by atoms with E-state index in [1.54, 1.807) is 25.1 Å². The fourth-order valence-corrected chi connectivity index (χ4v) is 0.368. The van der Waals surface area contributed by atoms with Crippen molar-refractivity contribution < 1.29 is 4.79 Å². The molecule has 0 saturated heterocycles. The lowest BCUT2D eigenvalue weighted by Crippen LogP contribution is -2.18. The van der Waals surface area contributed by atoms with E-state index in [1.807, 2.05) is 26.8 Å². The van der Waals surface area contributed by atoms with Gasteiger partial charge in [0.1, 0.15) is 0 Å². The molecule has 0 rings (SSSR count). The van der Waals surface area contributed by atoms with Crippen molar-refractivity contribution in [3.8, 4) is 0 Å². The van der Waals surface area contributed by atoms with E-state index in [0.29, 0.717) is 0 Å². The second-order valence-corrected chi connectivity index (χ2v) is 2.04. The molecular formula is C9H19NO. The average Bonchev–Trinajstić information content (AvgIpc) is 2.03. The van der Waals surface area contributed by atoms with Crippen LogP contribution in [-0.2, 0) is 4.79 Å². The number of nitrogens with zero attached hydrogens (tertiary/aromatic N) is 1. The zero-order valence-corrected chi connectivity index (χ0v) is 8.22. The number of likely N-dealkylation sites (N-methyl/N-ethyl adjacent to an activating group) is 1. The van der Waals surface area contributed by atoms with E-state index in [1.165, 1.54) is 0 Å². The molecule has 1 amide bonds. The third-order valence-electron chi connectivity index (χ3n) is 0.937. The minimum Gasteiger partial charge on any atom is -0.345 e. The highest BCUT2D eigenvalue weighted by atomic mass is 16.2. The number of hydrogen-bond donors (Lipinski definition) is 0. The molecule has 66 valence electrons. The molecule has 0 aliphatic heterocycles. The van der Waals surface area contributed by atoms with Gasteiger partial charge in [0.15, 0.2) is 0 Å². The highest BCUT2D eigenvalue weighted by Gasteiger charge is 1.93. The molecule has 11 heavy (non-hydrogen) atoms. The first-order valence-electron chi connectivity index (χ1n) is 4.06. The Morgan fingerprint density at radius 2 is 1.82 bits per heavy atom. The zero-order valence-electron chi connectivity index (χ0n) is 8.22. The molecule has 0 aromatic carbocycles. The lowest BCUT2D eigenvalue weighted by Gasteiger charge is -2.04. The number of carbonyl (C=O) groups is 1. The number of carbonyl (C=O) groups excluding carboxylic acids is 1. The van der Waals surface area contributed by atoms with Crippen LogP contribution in [0.2, 0.25) is 0 Å². The first-order valence-corrected chi connectivity index (χ1v) is 4.06. The lowest BCUT2D eigenvalue weighted by molar-refractivity contribution is -0.123. The van der Waals surface area contributed by atoms with Crippen LogP contribution in [0.1, 0.15) is 27.2 Å². The van der Waals surface area contributed by atoms with E-state index >= 15 is 0 Å². The molecule has 0 saturated carbocycles. The van der Waals surface area contributed by atoms with Crippen LogP contribution in [0.25, 0.3) is 0 Å². The van der Waals surface area contributed by atoms with E-state index in [9.17, 15) is 4.79 Å². The Hall–Kier alpha value is -0.790. The molecule has 0 aliphatic carbocycles. The summed E-state index contributed by atoms with van der Waals surface area (Å²) < 4.78 is 0. The van der Waals surface area contributed by atoms with Gasteiger partial charge in [0.05, 0.1) is 0 Å². The maximum Gasteiger partial charge on any atom is 0.245 e. The summed E-state index contributed by atoms with van der Waals surface area (Å²) in [6.45, 7) is 6.00. The molecular weight excluding hydrogens is 138 g/mol. The summed E-state index contributed by atoms with van der Waals surface area (Å²) in [5.74, 6) is 0.0526. The fourth-order valence-electron chi connectivity index (χ4n) is 0.368. The van der Waals surface area contributed by atoms with Crippen molar-refractivity contribution in [1.82, 2.24) is 4.90 Å². The summed E-state index contributed by atoms with van der Waals surface area (Å²) in [5, 5.41) is 0. The van der Waals surface area contributed by atoms with Crippen molar-refractivity contribution in [3.63, 3.8) is 0 Å². The molecule has 0 unspecified atom stereocenters. The molecule has 2 heteroatoms. The Morgan fingerprint density at radius 3 is 2.09 bits per heavy atom. The summed E-state index contributed by atoms with van der Waals surface area (Å²) in [6.07, 6.45) is 4.35. The standard InChI is InChI=1S/C7H13NO.C2H6/c1-4-5-6-7(9)8(2)3;1-2/h5-6H,4H2,1-3H3;1-2H3/b6-5-;. The lowest BCUT2D eigenvalue weighted by atomic mass is 10.4. The monoisotopic (exact) mass is 157 g/mol. The molecule has 2 nitrogen and oxygen atoms in total. The third-order valence-corrected chi connectivity index (χ3v) is 0.937. The van der Waals surface area contributed by atoms with Gasteiger partial charge < -0.3 is 4.90 Å². The van der Waals surface area contributed by atoms with E-state index in [-0.39, 0.29) is 5.91 Å². The van der Waals surface area contributed by atoms with E-state index < -0.39 is 0 Å². The summed E-state index contributed by atoms with van der Waals surface area (Å²) in [4.78, 5) is 12.3. The highest BCUT2D eigenvalue weighted by Crippen LogP contribution is 1.83. The molecule has 0 aromatic heterocycles. The van der Waals surface area contributed by atoms with Gasteiger partial charge >= 0.3 is 0 Å². The van der Waals surface area contributed by atoms with E-state index in [4.69, 9.17) is 0 Å². The van der Waals surface area contributed by atoms with Gasteiger partial charge in [0, 0.05) is 14.1 Å². The predicted molar refractivity (Wildman–Crippen MR) is 49.5 cm³/mol. The van der Waals surface area contributed by atoms with Crippen molar-refractivity contribution >= 4 is 5.91 Å².